The van der Waals surface area contributed by atoms with E-state index in [2.05, 4.69) is 34.4 Å². The SMILES string of the molecule is CC(C)(COP(=O)(O)OP(=O)(O)OC[C@H]1O[C@@H](n2cnc3c(N)ncnc32)[C@H](O)[C@@H]1OP(=O)(O)O)C(O)C(=O)NCCC(=O)NCCSC(=O)[C@@H](N)Cc1ccccc1. The number of nitrogens with one attached hydrogen (secondary N) is 2. The fraction of sp³-hybridized carbons (Fsp3) is 0.533. The molecule has 0 saturated carbocycles. The van der Waals surface area contributed by atoms with E-state index in [4.69, 9.17) is 25.3 Å². The van der Waals surface area contributed by atoms with Gasteiger partial charge in [0.1, 0.15) is 36.3 Å². The number of aromatic nitrogens is 4. The number of carbonyl (C=O) groups excluding carboxylic acids is 3. The van der Waals surface area contributed by atoms with Gasteiger partial charge in [-0.1, -0.05) is 55.9 Å². The Kier molecular flexibility index (Phi) is 16.8. The van der Waals surface area contributed by atoms with Crippen molar-refractivity contribution in [2.45, 2.75) is 63.4 Å². The van der Waals surface area contributed by atoms with Crippen molar-refractivity contribution >= 4 is 69.1 Å². The van der Waals surface area contributed by atoms with E-state index >= 15 is 0 Å². The van der Waals surface area contributed by atoms with Crippen LogP contribution in [0.15, 0.2) is 43.0 Å². The normalized spacial score (nSPS) is 21.6. The molecule has 0 bridgehead atoms. The lowest BCUT2D eigenvalue weighted by molar-refractivity contribution is -0.137. The van der Waals surface area contributed by atoms with Gasteiger partial charge in [0.15, 0.2) is 17.7 Å². The molecule has 3 aromatic rings. The topological polar surface area (TPSA) is 390 Å². The van der Waals surface area contributed by atoms with Crippen LogP contribution in [-0.2, 0) is 57.1 Å². The number of hydrogen-bond donors (Lipinski definition) is 10. The quantitative estimate of drug-likeness (QED) is 0.0437. The molecule has 1 aromatic carbocycles. The summed E-state index contributed by atoms with van der Waals surface area (Å²) in [7, 11) is -16.4. The lowest BCUT2D eigenvalue weighted by Gasteiger charge is -2.30. The minimum Gasteiger partial charge on any atom is -0.386 e. The Bertz CT molecular complexity index is 2080. The number of aliphatic hydroxyl groups is 2. The minimum atomic E-state index is -5.58. The largest absolute Gasteiger partial charge is 0.481 e. The Balaban J connectivity index is 1.20. The third-order valence-corrected chi connectivity index (χ3v) is 12.4. The van der Waals surface area contributed by atoms with Crippen molar-refractivity contribution in [2.24, 2.45) is 11.1 Å². The molecule has 3 heterocycles. The molecular weight excluding hydrogens is 869 g/mol. The van der Waals surface area contributed by atoms with Crippen molar-refractivity contribution in [1.82, 2.24) is 30.2 Å². The van der Waals surface area contributed by atoms with Crippen LogP contribution >= 0.6 is 35.2 Å². The van der Waals surface area contributed by atoms with E-state index in [0.717, 1.165) is 34.5 Å². The van der Waals surface area contributed by atoms with Gasteiger partial charge in [0.25, 0.3) is 0 Å². The van der Waals surface area contributed by atoms with Gasteiger partial charge in [-0.15, -0.1) is 0 Å². The molecule has 59 heavy (non-hydrogen) atoms. The highest BCUT2D eigenvalue weighted by molar-refractivity contribution is 8.13. The molecule has 25 nitrogen and oxygen atoms in total. The number of fused-ring (bicyclic) bond motifs is 1. The third-order valence-electron chi connectivity index (χ3n) is 8.35. The highest BCUT2D eigenvalue weighted by Gasteiger charge is 2.50. The van der Waals surface area contributed by atoms with Crippen molar-refractivity contribution in [3.8, 4) is 0 Å². The van der Waals surface area contributed by atoms with E-state index in [-0.39, 0.29) is 47.4 Å². The van der Waals surface area contributed by atoms with E-state index in [9.17, 15) is 57.9 Å². The van der Waals surface area contributed by atoms with Crippen LogP contribution in [-0.4, -0.2) is 129 Å². The van der Waals surface area contributed by atoms with Crippen LogP contribution in [0.4, 0.5) is 5.82 Å². The first kappa shape index (κ1) is 48.4. The number of ether oxygens (including phenoxy) is 1. The second kappa shape index (κ2) is 20.5. The summed E-state index contributed by atoms with van der Waals surface area (Å²) in [6, 6.07) is 8.54. The molecule has 12 N–H and O–H groups in total. The molecular formula is C30H45N8O17P3S. The molecule has 2 amide bonds. The number of imidazole rings is 1. The lowest BCUT2D eigenvalue weighted by atomic mass is 9.87. The molecule has 4 rings (SSSR count). The van der Waals surface area contributed by atoms with Crippen molar-refractivity contribution in [1.29, 1.82) is 0 Å². The number of phosphoric ester groups is 3. The molecule has 8 atom stereocenters. The number of nitrogens with zero attached hydrogens (tertiary/aromatic N) is 4. The highest BCUT2D eigenvalue weighted by Crippen LogP contribution is 2.61. The number of hydrogen-bond acceptors (Lipinski definition) is 19. The van der Waals surface area contributed by atoms with Crippen molar-refractivity contribution in [3.05, 3.63) is 48.5 Å². The number of anilines is 1. The van der Waals surface area contributed by atoms with E-state index < -0.39 is 90.6 Å². The van der Waals surface area contributed by atoms with Crippen LogP contribution in [0.25, 0.3) is 11.2 Å². The fourth-order valence-corrected chi connectivity index (χ4v) is 8.87. The standard InChI is InChI=1S/C30H45N8O17P3S/c1-30(2,24(41)27(42)34-9-8-20(39)33-10-11-59-29(43)18(31)12-17-6-4-3-5-7-17)14-52-58(49,50)55-57(47,48)51-13-19-23(54-56(44,45)46)22(40)28(53-19)38-16-37-21-25(32)35-15-36-26(21)38/h3-7,15-16,18-19,22-24,28,40-41H,8-14,31H2,1-2H3,(H,33,39)(H,34,42)(H,47,48)(H,49,50)(H2,32,35,36)(H2,44,45,46)/t18-,19+,22+,23+,24?,28+/m0/s1. The number of thioether (sulfide) groups is 1. The average molecular weight is 915 g/mol. The number of nitrogen functional groups attached to an aromatic ring is 1. The predicted octanol–water partition coefficient (Wildman–Crippen LogP) is -0.765. The maximum Gasteiger partial charge on any atom is 0.481 e. The highest BCUT2D eigenvalue weighted by atomic mass is 32.2. The van der Waals surface area contributed by atoms with Gasteiger partial charge in [0, 0.05) is 30.7 Å². The third kappa shape index (κ3) is 14.4. The number of aliphatic hydroxyl groups excluding tert-OH is 2. The number of benzene rings is 1. The Morgan fingerprint density at radius 2 is 1.69 bits per heavy atom. The van der Waals surface area contributed by atoms with E-state index in [1.165, 1.54) is 13.8 Å². The van der Waals surface area contributed by atoms with E-state index in [1.807, 2.05) is 30.3 Å². The van der Waals surface area contributed by atoms with Gasteiger partial charge in [-0.2, -0.15) is 4.31 Å². The summed E-state index contributed by atoms with van der Waals surface area (Å²) < 4.78 is 62.2. The summed E-state index contributed by atoms with van der Waals surface area (Å²) in [6.45, 7) is 0.376. The fourth-order valence-electron chi connectivity index (χ4n) is 5.34. The first-order valence-corrected chi connectivity index (χ1v) is 22.8. The van der Waals surface area contributed by atoms with Crippen LogP contribution in [0.2, 0.25) is 0 Å². The van der Waals surface area contributed by atoms with Gasteiger partial charge < -0.3 is 56.6 Å². The maximum absolute atomic E-state index is 12.7. The van der Waals surface area contributed by atoms with E-state index in [0.29, 0.717) is 6.42 Å². The van der Waals surface area contributed by atoms with Crippen molar-refractivity contribution in [2.75, 3.05) is 37.8 Å². The van der Waals surface area contributed by atoms with Crippen LogP contribution in [0, 0.1) is 5.41 Å². The molecule has 2 aromatic heterocycles. The molecule has 0 radical (unpaired) electrons. The number of rotatable bonds is 22. The van der Waals surface area contributed by atoms with Gasteiger partial charge >= 0.3 is 23.5 Å². The number of amides is 2. The molecule has 3 unspecified atom stereocenters. The molecule has 328 valence electrons. The van der Waals surface area contributed by atoms with Gasteiger partial charge in [-0.3, -0.25) is 32.5 Å². The first-order chi connectivity index (χ1) is 27.5. The number of phosphoric acid groups is 3. The summed E-state index contributed by atoms with van der Waals surface area (Å²) in [4.78, 5) is 88.1. The lowest BCUT2D eigenvalue weighted by Crippen LogP contribution is -2.46. The van der Waals surface area contributed by atoms with Crippen molar-refractivity contribution < 1.29 is 80.5 Å². The van der Waals surface area contributed by atoms with Crippen LogP contribution < -0.4 is 22.1 Å². The summed E-state index contributed by atoms with van der Waals surface area (Å²) in [5.41, 5.74) is 11.1. The molecule has 1 aliphatic rings. The maximum atomic E-state index is 12.7. The van der Waals surface area contributed by atoms with E-state index in [1.54, 1.807) is 0 Å². The van der Waals surface area contributed by atoms with Gasteiger partial charge in [-0.25, -0.2) is 28.6 Å². The van der Waals surface area contributed by atoms with Crippen LogP contribution in [0.1, 0.15) is 32.1 Å². The summed E-state index contributed by atoms with van der Waals surface area (Å²) in [5, 5.41) is 26.2. The van der Waals surface area contributed by atoms with Gasteiger partial charge in [0.05, 0.1) is 25.6 Å². The number of nitrogens with two attached hydrogens (primary N) is 2. The predicted molar refractivity (Wildman–Crippen MR) is 205 cm³/mol. The minimum absolute atomic E-state index is 0.0268. The molecule has 1 aliphatic heterocycles. The Morgan fingerprint density at radius 1 is 1.02 bits per heavy atom. The zero-order valence-corrected chi connectivity index (χ0v) is 34.8. The Labute approximate surface area is 340 Å². The summed E-state index contributed by atoms with van der Waals surface area (Å²) >= 11 is 0.973. The smallest absolute Gasteiger partial charge is 0.386 e. The molecule has 0 aliphatic carbocycles. The molecule has 0 spiro atoms. The monoisotopic (exact) mass is 914 g/mol. The molecule has 29 heteroatoms. The zero-order valence-electron chi connectivity index (χ0n) is 31.3. The Hall–Kier alpha value is -3.26. The van der Waals surface area contributed by atoms with Crippen molar-refractivity contribution in [3.63, 3.8) is 0 Å². The second-order valence-electron chi connectivity index (χ2n) is 13.5. The molecule has 1 fully saturated rings. The average Bonchev–Trinajstić information content (AvgIpc) is 3.71. The van der Waals surface area contributed by atoms with Gasteiger partial charge in [0.2, 0.25) is 16.9 Å². The molecule has 1 saturated heterocycles. The zero-order chi connectivity index (χ0) is 43.8. The summed E-state index contributed by atoms with van der Waals surface area (Å²) in [5.74, 6) is -1.25. The second-order valence-corrected chi connectivity index (χ2v) is 18.9. The Morgan fingerprint density at radius 3 is 2.37 bits per heavy atom. The van der Waals surface area contributed by atoms with Gasteiger partial charge in [-0.05, 0) is 12.0 Å². The van der Waals surface area contributed by atoms with Crippen LogP contribution in [0.5, 0.6) is 0 Å². The first-order valence-electron chi connectivity index (χ1n) is 17.3. The summed E-state index contributed by atoms with van der Waals surface area (Å²) in [6.07, 6.45) is -6.62. The van der Waals surface area contributed by atoms with Crippen LogP contribution in [0.3, 0.4) is 0 Å². The number of carbonyl (C=O) groups is 3.